The van der Waals surface area contributed by atoms with Crippen LogP contribution >= 0.6 is 0 Å². The Kier molecular flexibility index (Phi) is 4.90. The minimum absolute atomic E-state index is 0.217. The van der Waals surface area contributed by atoms with Crippen LogP contribution in [-0.2, 0) is 6.54 Å². The fourth-order valence-corrected chi connectivity index (χ4v) is 3.31. The average molecular weight is 409 g/mol. The van der Waals surface area contributed by atoms with Crippen LogP contribution in [0.25, 0.3) is 22.8 Å². The fourth-order valence-electron chi connectivity index (χ4n) is 3.31. The van der Waals surface area contributed by atoms with E-state index >= 15 is 0 Å². The van der Waals surface area contributed by atoms with Gasteiger partial charge in [0.1, 0.15) is 11.4 Å². The predicted molar refractivity (Wildman–Crippen MR) is 116 cm³/mol. The Balaban J connectivity index is 1.37. The van der Waals surface area contributed by atoms with Gasteiger partial charge in [0, 0.05) is 25.0 Å². The number of amides is 1. The Labute approximate surface area is 178 Å². The molecule has 1 amide bonds. The molecule has 0 aliphatic heterocycles. The summed E-state index contributed by atoms with van der Waals surface area (Å²) < 4.78 is 8.88. The van der Waals surface area contributed by atoms with Crippen LogP contribution in [0, 0.1) is 0 Å². The first-order valence-electron chi connectivity index (χ1n) is 9.84. The molecule has 1 N–H and O–H groups in total. The molecule has 0 unspecified atom stereocenters. The van der Waals surface area contributed by atoms with E-state index in [9.17, 15) is 4.79 Å². The quantitative estimate of drug-likeness (QED) is 0.455. The number of carbonyl (C=O) groups excluding carboxylic acids is 1. The van der Waals surface area contributed by atoms with Crippen molar-refractivity contribution in [3.8, 4) is 22.8 Å². The lowest BCUT2D eigenvalue weighted by molar-refractivity contribution is 0.0943. The van der Waals surface area contributed by atoms with E-state index in [0.29, 0.717) is 23.7 Å². The summed E-state index contributed by atoms with van der Waals surface area (Å²) in [5.74, 6) is 0.392. The van der Waals surface area contributed by atoms with E-state index in [2.05, 4.69) is 15.5 Å². The number of para-hydroxylation sites is 1. The number of nitrogens with one attached hydrogen (secondary N) is 1. The summed E-state index contributed by atoms with van der Waals surface area (Å²) in [4.78, 5) is 13.0. The van der Waals surface area contributed by atoms with Crippen LogP contribution in [0.3, 0.4) is 0 Å². The van der Waals surface area contributed by atoms with E-state index in [1.54, 1.807) is 34.0 Å². The highest BCUT2D eigenvalue weighted by atomic mass is 16.3. The summed E-state index contributed by atoms with van der Waals surface area (Å²) in [5, 5.41) is 11.8. The van der Waals surface area contributed by atoms with Crippen molar-refractivity contribution in [2.75, 3.05) is 0 Å². The van der Waals surface area contributed by atoms with Gasteiger partial charge in [-0.25, -0.2) is 9.36 Å². The summed E-state index contributed by atoms with van der Waals surface area (Å²) >= 11 is 0. The van der Waals surface area contributed by atoms with Gasteiger partial charge in [-0.05, 0) is 48.0 Å². The zero-order chi connectivity index (χ0) is 21.0. The zero-order valence-electron chi connectivity index (χ0n) is 16.6. The van der Waals surface area contributed by atoms with E-state index in [1.807, 2.05) is 72.9 Å². The summed E-state index contributed by atoms with van der Waals surface area (Å²) in [5.41, 5.74) is 3.79. The number of hydrogen-bond acceptors (Lipinski definition) is 4. The largest absolute Gasteiger partial charge is 0.463 e. The molecule has 5 rings (SSSR count). The van der Waals surface area contributed by atoms with Gasteiger partial charge >= 0.3 is 0 Å². The summed E-state index contributed by atoms with van der Waals surface area (Å²) in [7, 11) is 0. The first-order chi connectivity index (χ1) is 15.3. The molecule has 7 heteroatoms. The number of aromatic nitrogens is 4. The smallest absolute Gasteiger partial charge is 0.270 e. The highest BCUT2D eigenvalue weighted by molar-refractivity contribution is 5.94. The molecule has 31 heavy (non-hydrogen) atoms. The molecule has 3 aromatic heterocycles. The monoisotopic (exact) mass is 409 g/mol. The third kappa shape index (κ3) is 3.89. The highest BCUT2D eigenvalue weighted by Gasteiger charge is 2.18. The lowest BCUT2D eigenvalue weighted by Gasteiger charge is -2.09. The van der Waals surface area contributed by atoms with Gasteiger partial charge in [-0.2, -0.15) is 10.2 Å². The predicted octanol–water partition coefficient (Wildman–Crippen LogP) is 4.25. The number of rotatable bonds is 6. The Hall–Kier alpha value is -4.39. The first-order valence-corrected chi connectivity index (χ1v) is 9.84. The maximum Gasteiger partial charge on any atom is 0.270 e. The van der Waals surface area contributed by atoms with Crippen molar-refractivity contribution < 1.29 is 9.21 Å². The molecular formula is C24H19N5O2. The minimum Gasteiger partial charge on any atom is -0.463 e. The standard InChI is InChI=1S/C24H19N5O2/c30-24(25-17-18-9-11-19(12-10-18)28-14-5-13-26-28)22-16-21(23-8-4-15-31-23)27-29(22)20-6-2-1-3-7-20/h1-16H,17H2,(H,25,30). The number of nitrogens with zero attached hydrogens (tertiary/aromatic N) is 4. The van der Waals surface area contributed by atoms with Crippen LogP contribution in [0.2, 0.25) is 0 Å². The molecular weight excluding hydrogens is 390 g/mol. The lowest BCUT2D eigenvalue weighted by atomic mass is 10.2. The Morgan fingerprint density at radius 3 is 2.48 bits per heavy atom. The Morgan fingerprint density at radius 1 is 0.935 bits per heavy atom. The van der Waals surface area contributed by atoms with Gasteiger partial charge < -0.3 is 9.73 Å². The maximum atomic E-state index is 13.0. The van der Waals surface area contributed by atoms with E-state index in [0.717, 1.165) is 16.9 Å². The van der Waals surface area contributed by atoms with Crippen LogP contribution in [0.15, 0.2) is 102 Å². The second kappa shape index (κ2) is 8.16. The Bertz CT molecular complexity index is 1270. The number of carbonyl (C=O) groups is 1. The third-order valence-electron chi connectivity index (χ3n) is 4.87. The molecule has 0 aliphatic rings. The number of hydrogen-bond donors (Lipinski definition) is 1. The third-order valence-corrected chi connectivity index (χ3v) is 4.87. The lowest BCUT2D eigenvalue weighted by Crippen LogP contribution is -2.25. The molecule has 0 aliphatic carbocycles. The van der Waals surface area contributed by atoms with Gasteiger partial charge in [0.2, 0.25) is 0 Å². The van der Waals surface area contributed by atoms with Crippen molar-refractivity contribution in [1.29, 1.82) is 0 Å². The van der Waals surface area contributed by atoms with E-state index in [1.165, 1.54) is 0 Å². The summed E-state index contributed by atoms with van der Waals surface area (Å²) in [6.07, 6.45) is 5.21. The van der Waals surface area contributed by atoms with Crippen molar-refractivity contribution >= 4 is 5.91 Å². The molecule has 3 heterocycles. The molecule has 7 nitrogen and oxygen atoms in total. The van der Waals surface area contributed by atoms with E-state index < -0.39 is 0 Å². The summed E-state index contributed by atoms with van der Waals surface area (Å²) in [6, 6.07) is 24.7. The average Bonchev–Trinajstić information content (AvgIpc) is 3.59. The van der Waals surface area contributed by atoms with Crippen LogP contribution in [0.5, 0.6) is 0 Å². The van der Waals surface area contributed by atoms with Crippen molar-refractivity contribution in [1.82, 2.24) is 24.9 Å². The maximum absolute atomic E-state index is 13.0. The van der Waals surface area contributed by atoms with Crippen molar-refractivity contribution in [3.63, 3.8) is 0 Å². The molecule has 0 saturated carbocycles. The highest BCUT2D eigenvalue weighted by Crippen LogP contribution is 2.22. The molecule has 152 valence electrons. The van der Waals surface area contributed by atoms with E-state index in [4.69, 9.17) is 4.42 Å². The van der Waals surface area contributed by atoms with Crippen molar-refractivity contribution in [3.05, 3.63) is 109 Å². The molecule has 0 atom stereocenters. The summed E-state index contributed by atoms with van der Waals surface area (Å²) in [6.45, 7) is 0.397. The SMILES string of the molecule is O=C(NCc1ccc(-n2cccn2)cc1)c1cc(-c2ccco2)nn1-c1ccccc1. The molecule has 2 aromatic carbocycles. The normalized spacial score (nSPS) is 10.8. The topological polar surface area (TPSA) is 77.9 Å². The first kappa shape index (κ1) is 18.6. The second-order valence-corrected chi connectivity index (χ2v) is 6.94. The van der Waals surface area contributed by atoms with Crippen LogP contribution in [0.1, 0.15) is 16.1 Å². The van der Waals surface area contributed by atoms with Crippen molar-refractivity contribution in [2.45, 2.75) is 6.54 Å². The molecule has 0 fully saturated rings. The zero-order valence-corrected chi connectivity index (χ0v) is 16.6. The Morgan fingerprint density at radius 2 is 1.77 bits per heavy atom. The van der Waals surface area contributed by atoms with Gasteiger partial charge in [0.05, 0.1) is 17.6 Å². The van der Waals surface area contributed by atoms with Gasteiger partial charge in [0.15, 0.2) is 5.76 Å². The molecule has 0 saturated heterocycles. The number of benzene rings is 2. The van der Waals surface area contributed by atoms with Crippen LogP contribution in [-0.4, -0.2) is 25.5 Å². The number of furan rings is 1. The minimum atomic E-state index is -0.217. The van der Waals surface area contributed by atoms with Gasteiger partial charge in [-0.1, -0.05) is 30.3 Å². The van der Waals surface area contributed by atoms with Crippen LogP contribution in [0.4, 0.5) is 0 Å². The second-order valence-electron chi connectivity index (χ2n) is 6.94. The fraction of sp³-hybridized carbons (Fsp3) is 0.0417. The molecule has 5 aromatic rings. The molecule has 0 radical (unpaired) electrons. The van der Waals surface area contributed by atoms with Gasteiger partial charge in [0.25, 0.3) is 5.91 Å². The van der Waals surface area contributed by atoms with Crippen LogP contribution < -0.4 is 5.32 Å². The molecule has 0 bridgehead atoms. The van der Waals surface area contributed by atoms with Gasteiger partial charge in [-0.15, -0.1) is 0 Å². The van der Waals surface area contributed by atoms with Crippen molar-refractivity contribution in [2.24, 2.45) is 0 Å². The molecule has 0 spiro atoms. The van der Waals surface area contributed by atoms with Gasteiger partial charge in [-0.3, -0.25) is 4.79 Å². The van der Waals surface area contributed by atoms with E-state index in [-0.39, 0.29) is 5.91 Å².